The average molecular weight is 710 g/mol. The molecule has 50 heavy (non-hydrogen) atoms. The van der Waals surface area contributed by atoms with Gasteiger partial charge in [-0.1, -0.05) is 53.1 Å². The zero-order valence-corrected chi connectivity index (χ0v) is 31.0. The number of methoxy groups -OCH3 is 1. The highest BCUT2D eigenvalue weighted by Gasteiger charge is 2.53. The third-order valence-electron chi connectivity index (χ3n) is 8.17. The Kier molecular flexibility index (Phi) is 14.1. The Labute approximate surface area is 296 Å². The van der Waals surface area contributed by atoms with Gasteiger partial charge < -0.3 is 32.7 Å². The first kappa shape index (κ1) is 39.1. The third-order valence-corrected chi connectivity index (χ3v) is 10.2. The summed E-state index contributed by atoms with van der Waals surface area (Å²) in [7, 11) is 1.36. The van der Waals surface area contributed by atoms with Gasteiger partial charge in [-0.2, -0.15) is 0 Å². The highest BCUT2D eigenvalue weighted by molar-refractivity contribution is 7.44. The zero-order valence-electron chi connectivity index (χ0n) is 30.2. The van der Waals surface area contributed by atoms with Crippen LogP contribution in [0.3, 0.4) is 0 Å². The molecule has 3 aromatic carbocycles. The molecule has 0 amide bonds. The first-order chi connectivity index (χ1) is 23.8. The molecule has 1 aliphatic heterocycles. The molecule has 0 N–H and O–H groups in total. The van der Waals surface area contributed by atoms with Crippen LogP contribution in [0, 0.1) is 20.8 Å². The van der Waals surface area contributed by atoms with Crippen molar-refractivity contribution in [1.82, 2.24) is 4.67 Å². The van der Waals surface area contributed by atoms with Gasteiger partial charge in [-0.15, -0.1) is 0 Å². The fourth-order valence-corrected chi connectivity index (χ4v) is 7.03. The molecule has 0 aliphatic carbocycles. The number of rotatable bonds is 14. The van der Waals surface area contributed by atoms with Crippen LogP contribution in [0.4, 0.5) is 0 Å². The second-order valence-corrected chi connectivity index (χ2v) is 14.3. The van der Waals surface area contributed by atoms with Crippen LogP contribution in [-0.4, -0.2) is 86.2 Å². The molecule has 1 heterocycles. The number of hydrogen-bond donors (Lipinski definition) is 0. The minimum atomic E-state index is -1.58. The summed E-state index contributed by atoms with van der Waals surface area (Å²) in [6, 6.07) is 20.7. The van der Waals surface area contributed by atoms with Gasteiger partial charge >= 0.3 is 17.9 Å². The lowest BCUT2D eigenvalue weighted by atomic mass is 9.97. The van der Waals surface area contributed by atoms with Gasteiger partial charge in [0.1, 0.15) is 6.10 Å². The third kappa shape index (κ3) is 9.96. The van der Waals surface area contributed by atoms with Gasteiger partial charge in [-0.3, -0.25) is 0 Å². The molecule has 1 fully saturated rings. The summed E-state index contributed by atoms with van der Waals surface area (Å²) in [5.74, 6) is -2.12. The molecular formula is C38H48NO10P. The smallest absolute Gasteiger partial charge is 0.338 e. The predicted molar refractivity (Wildman–Crippen MR) is 189 cm³/mol. The maximum Gasteiger partial charge on any atom is 0.338 e. The van der Waals surface area contributed by atoms with Crippen molar-refractivity contribution in [3.05, 3.63) is 106 Å². The lowest BCUT2D eigenvalue weighted by Crippen LogP contribution is -2.62. The van der Waals surface area contributed by atoms with Gasteiger partial charge in [-0.25, -0.2) is 19.1 Å². The second kappa shape index (κ2) is 18.0. The number of esters is 3. The maximum absolute atomic E-state index is 13.7. The molecule has 1 unspecified atom stereocenters. The molecule has 1 saturated heterocycles. The topological polar surface area (TPSA) is 119 Å². The molecule has 0 spiro atoms. The average Bonchev–Trinajstić information content (AvgIpc) is 3.08. The van der Waals surface area contributed by atoms with Gasteiger partial charge in [0.05, 0.1) is 23.3 Å². The van der Waals surface area contributed by atoms with Crippen LogP contribution in [0.25, 0.3) is 0 Å². The van der Waals surface area contributed by atoms with E-state index in [0.717, 1.165) is 16.7 Å². The highest BCUT2D eigenvalue weighted by atomic mass is 31.2. The monoisotopic (exact) mass is 709 g/mol. The van der Waals surface area contributed by atoms with Crippen LogP contribution < -0.4 is 0 Å². The van der Waals surface area contributed by atoms with E-state index < -0.39 is 57.1 Å². The number of carbonyl (C=O) groups is 3. The summed E-state index contributed by atoms with van der Waals surface area (Å²) in [5.41, 5.74) is 3.65. The quantitative estimate of drug-likeness (QED) is 0.0981. The largest absolute Gasteiger partial charge is 0.452 e. The second-order valence-electron chi connectivity index (χ2n) is 12.8. The molecule has 270 valence electrons. The highest BCUT2D eigenvalue weighted by Crippen LogP contribution is 2.46. The molecule has 12 heteroatoms. The number of aryl methyl sites for hydroxylation is 3. The molecule has 0 radical (unpaired) electrons. The Bertz CT molecular complexity index is 1550. The van der Waals surface area contributed by atoms with E-state index in [9.17, 15) is 14.4 Å². The first-order valence-electron chi connectivity index (χ1n) is 16.6. The molecule has 1 aliphatic rings. The minimum absolute atomic E-state index is 0.0870. The summed E-state index contributed by atoms with van der Waals surface area (Å²) in [4.78, 5) is 40.9. The standard InChI is InChI=1S/C38H48NO10P/c1-23(2)39(24(3)4)50(44-9)45-22-31-32(47-35(40)28-16-10-25(5)11-17-28)33(48-36(41)29-18-12-26(6)13-19-29)34(38(43-8)46-31)49-37(42)30-20-14-27(7)15-21-30/h10-21,23-24,31-34,38H,22H2,1-9H3/t31-,32+,33+,34-,38+,50?/m1/s1. The SMILES string of the molecule is CO[C@H]1O[C@H](COP(OC)N(C(C)C)C(C)C)[C@H](OC(=O)c2ccc(C)cc2)[C@H](OC(=O)c2ccc(C)cc2)[C@H]1OC(=O)c1ccc(C)cc1. The van der Waals surface area contributed by atoms with Crippen molar-refractivity contribution in [2.24, 2.45) is 0 Å². The van der Waals surface area contributed by atoms with Gasteiger partial charge in [0, 0.05) is 26.3 Å². The zero-order chi connectivity index (χ0) is 36.5. The van der Waals surface area contributed by atoms with Crippen LogP contribution >= 0.6 is 8.53 Å². The van der Waals surface area contributed by atoms with Gasteiger partial charge in [0.25, 0.3) is 8.53 Å². The van der Waals surface area contributed by atoms with Gasteiger partial charge in [-0.05, 0) is 84.9 Å². The maximum atomic E-state index is 13.7. The van der Waals surface area contributed by atoms with E-state index in [4.69, 9.17) is 32.7 Å². The van der Waals surface area contributed by atoms with Crippen LogP contribution in [0.5, 0.6) is 0 Å². The molecule has 11 nitrogen and oxygen atoms in total. The molecule has 6 atom stereocenters. The van der Waals surface area contributed by atoms with Crippen LogP contribution in [-0.2, 0) is 32.7 Å². The fourth-order valence-electron chi connectivity index (χ4n) is 5.57. The molecule has 0 bridgehead atoms. The summed E-state index contributed by atoms with van der Waals surface area (Å²) in [5, 5.41) is 0. The van der Waals surface area contributed by atoms with Crippen molar-refractivity contribution >= 4 is 26.4 Å². The summed E-state index contributed by atoms with van der Waals surface area (Å²) < 4.78 is 44.5. The van der Waals surface area contributed by atoms with Crippen molar-refractivity contribution in [2.75, 3.05) is 20.8 Å². The number of benzene rings is 3. The molecular weight excluding hydrogens is 661 g/mol. The summed E-state index contributed by atoms with van der Waals surface area (Å²) in [6.45, 7) is 13.7. The van der Waals surface area contributed by atoms with E-state index in [1.807, 2.05) is 48.5 Å². The predicted octanol–water partition coefficient (Wildman–Crippen LogP) is 6.97. The summed E-state index contributed by atoms with van der Waals surface area (Å²) >= 11 is 0. The first-order valence-corrected chi connectivity index (χ1v) is 17.7. The van der Waals surface area contributed by atoms with Crippen LogP contribution in [0.15, 0.2) is 72.8 Å². The molecule has 4 rings (SSSR count). The number of hydrogen-bond acceptors (Lipinski definition) is 11. The Morgan fingerprint density at radius 3 is 1.38 bits per heavy atom. The summed E-state index contributed by atoms with van der Waals surface area (Å²) in [6.07, 6.45) is -6.30. The Balaban J connectivity index is 1.76. The number of carbonyl (C=O) groups excluding carboxylic acids is 3. The lowest BCUT2D eigenvalue weighted by molar-refractivity contribution is -0.291. The van der Waals surface area contributed by atoms with Gasteiger partial charge in [0.2, 0.25) is 0 Å². The fraction of sp³-hybridized carbons (Fsp3) is 0.447. The van der Waals surface area contributed by atoms with Crippen molar-refractivity contribution in [3.8, 4) is 0 Å². The van der Waals surface area contributed by atoms with Crippen LogP contribution in [0.1, 0.15) is 75.5 Å². The van der Waals surface area contributed by atoms with E-state index in [1.165, 1.54) is 7.11 Å². The Morgan fingerprint density at radius 2 is 1.02 bits per heavy atom. The van der Waals surface area contributed by atoms with Crippen molar-refractivity contribution in [2.45, 2.75) is 91.3 Å². The Hall–Kier alpha value is -3.70. The number of ether oxygens (including phenoxy) is 5. The Morgan fingerprint density at radius 1 is 0.640 bits per heavy atom. The van der Waals surface area contributed by atoms with Crippen molar-refractivity contribution in [1.29, 1.82) is 0 Å². The number of nitrogens with zero attached hydrogens (tertiary/aromatic N) is 1. The van der Waals surface area contributed by atoms with E-state index in [0.29, 0.717) is 0 Å². The van der Waals surface area contributed by atoms with E-state index in [1.54, 1.807) is 79.9 Å². The van der Waals surface area contributed by atoms with E-state index in [-0.39, 0.29) is 35.4 Å². The molecule has 3 aromatic rings. The van der Waals surface area contributed by atoms with E-state index in [2.05, 4.69) is 4.67 Å². The van der Waals surface area contributed by atoms with Crippen LogP contribution in [0.2, 0.25) is 0 Å². The van der Waals surface area contributed by atoms with Gasteiger partial charge in [0.15, 0.2) is 24.6 Å². The lowest BCUT2D eigenvalue weighted by Gasteiger charge is -2.44. The molecule has 0 saturated carbocycles. The van der Waals surface area contributed by atoms with Crippen molar-refractivity contribution in [3.63, 3.8) is 0 Å². The van der Waals surface area contributed by atoms with Crippen molar-refractivity contribution < 1.29 is 47.1 Å². The normalized spacial score (nSPS) is 21.2. The minimum Gasteiger partial charge on any atom is -0.452 e. The molecule has 0 aromatic heterocycles. The van der Waals surface area contributed by atoms with E-state index >= 15 is 0 Å².